The Labute approximate surface area is 69.1 Å². The molecule has 1 rings (SSSR count). The second kappa shape index (κ2) is 3.40. The SMILES string of the molecule is C=C(C)C1CCC(O)CC1C. The monoisotopic (exact) mass is 154 g/mol. The Balaban J connectivity index is 2.50. The van der Waals surface area contributed by atoms with Crippen LogP contribution in [0.25, 0.3) is 0 Å². The number of hydrogen-bond acceptors (Lipinski definition) is 1. The van der Waals surface area contributed by atoms with Gasteiger partial charge in [-0.25, -0.2) is 0 Å². The van der Waals surface area contributed by atoms with Crippen molar-refractivity contribution in [3.05, 3.63) is 12.2 Å². The fourth-order valence-electron chi connectivity index (χ4n) is 2.10. The molecule has 1 saturated carbocycles. The lowest BCUT2D eigenvalue weighted by molar-refractivity contribution is 0.0854. The zero-order valence-electron chi connectivity index (χ0n) is 7.51. The summed E-state index contributed by atoms with van der Waals surface area (Å²) in [5, 5.41) is 9.35. The van der Waals surface area contributed by atoms with Gasteiger partial charge in [0.1, 0.15) is 0 Å². The van der Waals surface area contributed by atoms with Gasteiger partial charge in [-0.15, -0.1) is 0 Å². The molecule has 64 valence electrons. The van der Waals surface area contributed by atoms with Crippen molar-refractivity contribution in [1.29, 1.82) is 0 Å². The normalized spacial score (nSPS) is 38.6. The molecular formula is C10H18O. The Kier molecular flexibility index (Phi) is 2.72. The molecule has 3 atom stereocenters. The molecule has 3 unspecified atom stereocenters. The van der Waals surface area contributed by atoms with E-state index in [2.05, 4.69) is 20.4 Å². The van der Waals surface area contributed by atoms with E-state index in [-0.39, 0.29) is 6.10 Å². The molecule has 1 fully saturated rings. The molecule has 0 bridgehead atoms. The van der Waals surface area contributed by atoms with Gasteiger partial charge in [0.15, 0.2) is 0 Å². The molecule has 0 amide bonds. The van der Waals surface area contributed by atoms with Gasteiger partial charge in [-0.1, -0.05) is 19.1 Å². The summed E-state index contributed by atoms with van der Waals surface area (Å²) in [7, 11) is 0. The van der Waals surface area contributed by atoms with Gasteiger partial charge < -0.3 is 5.11 Å². The molecule has 0 aromatic carbocycles. The molecule has 0 saturated heterocycles. The summed E-state index contributed by atoms with van der Waals surface area (Å²) in [5.41, 5.74) is 1.28. The summed E-state index contributed by atoms with van der Waals surface area (Å²) in [6.07, 6.45) is 2.98. The first kappa shape index (κ1) is 8.79. The largest absolute Gasteiger partial charge is 0.393 e. The maximum atomic E-state index is 9.35. The van der Waals surface area contributed by atoms with Crippen molar-refractivity contribution in [2.24, 2.45) is 11.8 Å². The van der Waals surface area contributed by atoms with E-state index in [1.807, 2.05) is 0 Å². The predicted octanol–water partition coefficient (Wildman–Crippen LogP) is 2.36. The van der Waals surface area contributed by atoms with E-state index in [0.717, 1.165) is 19.3 Å². The molecule has 1 N–H and O–H groups in total. The Morgan fingerprint density at radius 2 is 2.09 bits per heavy atom. The van der Waals surface area contributed by atoms with Crippen LogP contribution >= 0.6 is 0 Å². The standard InChI is InChI=1S/C10H18O/c1-7(2)10-5-4-9(11)6-8(10)3/h8-11H,1,4-6H2,2-3H3. The van der Waals surface area contributed by atoms with Crippen LogP contribution in [0, 0.1) is 11.8 Å². The molecule has 1 nitrogen and oxygen atoms in total. The fraction of sp³-hybridized carbons (Fsp3) is 0.800. The molecule has 0 spiro atoms. The molecule has 1 aliphatic rings. The Morgan fingerprint density at radius 1 is 1.45 bits per heavy atom. The van der Waals surface area contributed by atoms with Crippen molar-refractivity contribution in [1.82, 2.24) is 0 Å². The van der Waals surface area contributed by atoms with Crippen molar-refractivity contribution in [2.75, 3.05) is 0 Å². The van der Waals surface area contributed by atoms with E-state index >= 15 is 0 Å². The molecule has 0 radical (unpaired) electrons. The van der Waals surface area contributed by atoms with Gasteiger partial charge in [0, 0.05) is 0 Å². The number of aliphatic hydroxyl groups is 1. The smallest absolute Gasteiger partial charge is 0.0543 e. The average molecular weight is 154 g/mol. The van der Waals surface area contributed by atoms with Crippen LogP contribution in [0.5, 0.6) is 0 Å². The quantitative estimate of drug-likeness (QED) is 0.575. The number of aliphatic hydroxyl groups excluding tert-OH is 1. The highest BCUT2D eigenvalue weighted by molar-refractivity contribution is 5.00. The topological polar surface area (TPSA) is 20.2 Å². The highest BCUT2D eigenvalue weighted by Gasteiger charge is 2.26. The molecule has 0 aromatic heterocycles. The van der Waals surface area contributed by atoms with Crippen LogP contribution < -0.4 is 0 Å². The summed E-state index contributed by atoms with van der Waals surface area (Å²) >= 11 is 0. The summed E-state index contributed by atoms with van der Waals surface area (Å²) in [6, 6.07) is 0. The van der Waals surface area contributed by atoms with E-state index in [1.54, 1.807) is 0 Å². The number of allylic oxidation sites excluding steroid dienone is 1. The Bertz CT molecular complexity index is 151. The maximum Gasteiger partial charge on any atom is 0.0543 e. The van der Waals surface area contributed by atoms with Crippen LogP contribution in [0.4, 0.5) is 0 Å². The number of rotatable bonds is 1. The van der Waals surface area contributed by atoms with E-state index < -0.39 is 0 Å². The molecule has 0 aliphatic heterocycles. The number of hydrogen-bond donors (Lipinski definition) is 1. The van der Waals surface area contributed by atoms with Gasteiger partial charge in [-0.05, 0) is 38.0 Å². The van der Waals surface area contributed by atoms with E-state index in [0.29, 0.717) is 11.8 Å². The van der Waals surface area contributed by atoms with Crippen LogP contribution in [0.15, 0.2) is 12.2 Å². The van der Waals surface area contributed by atoms with Crippen LogP contribution in [-0.2, 0) is 0 Å². The first-order valence-electron chi connectivity index (χ1n) is 4.44. The van der Waals surface area contributed by atoms with E-state index in [1.165, 1.54) is 5.57 Å². The van der Waals surface area contributed by atoms with Crippen molar-refractivity contribution in [3.8, 4) is 0 Å². The minimum Gasteiger partial charge on any atom is -0.393 e. The van der Waals surface area contributed by atoms with Crippen LogP contribution in [0.2, 0.25) is 0 Å². The molecule has 0 heterocycles. The predicted molar refractivity (Wildman–Crippen MR) is 47.3 cm³/mol. The first-order chi connectivity index (χ1) is 5.11. The fourth-order valence-corrected chi connectivity index (χ4v) is 2.10. The highest BCUT2D eigenvalue weighted by Crippen LogP contribution is 2.33. The van der Waals surface area contributed by atoms with Gasteiger partial charge in [-0.2, -0.15) is 0 Å². The van der Waals surface area contributed by atoms with Gasteiger partial charge in [0.25, 0.3) is 0 Å². The molecular weight excluding hydrogens is 136 g/mol. The summed E-state index contributed by atoms with van der Waals surface area (Å²) in [5.74, 6) is 1.27. The summed E-state index contributed by atoms with van der Waals surface area (Å²) < 4.78 is 0. The van der Waals surface area contributed by atoms with Crippen LogP contribution in [0.3, 0.4) is 0 Å². The van der Waals surface area contributed by atoms with Crippen molar-refractivity contribution in [3.63, 3.8) is 0 Å². The summed E-state index contributed by atoms with van der Waals surface area (Å²) in [6.45, 7) is 8.28. The molecule has 0 aromatic rings. The van der Waals surface area contributed by atoms with Crippen LogP contribution in [-0.4, -0.2) is 11.2 Å². The van der Waals surface area contributed by atoms with Gasteiger partial charge in [-0.3, -0.25) is 0 Å². The zero-order chi connectivity index (χ0) is 8.43. The second-order valence-corrected chi connectivity index (χ2v) is 3.90. The third-order valence-electron chi connectivity index (χ3n) is 2.77. The van der Waals surface area contributed by atoms with Gasteiger partial charge in [0.2, 0.25) is 0 Å². The lowest BCUT2D eigenvalue weighted by atomic mass is 9.76. The molecule has 1 aliphatic carbocycles. The van der Waals surface area contributed by atoms with Gasteiger partial charge >= 0.3 is 0 Å². The van der Waals surface area contributed by atoms with Crippen molar-refractivity contribution < 1.29 is 5.11 Å². The first-order valence-corrected chi connectivity index (χ1v) is 4.44. The molecule has 1 heteroatoms. The average Bonchev–Trinajstić information content (AvgIpc) is 1.85. The van der Waals surface area contributed by atoms with Gasteiger partial charge in [0.05, 0.1) is 6.10 Å². The minimum absolute atomic E-state index is 0.0550. The van der Waals surface area contributed by atoms with Crippen molar-refractivity contribution >= 4 is 0 Å². The second-order valence-electron chi connectivity index (χ2n) is 3.90. The van der Waals surface area contributed by atoms with E-state index in [9.17, 15) is 5.11 Å². The lowest BCUT2D eigenvalue weighted by Gasteiger charge is -2.32. The van der Waals surface area contributed by atoms with E-state index in [4.69, 9.17) is 0 Å². The summed E-state index contributed by atoms with van der Waals surface area (Å²) in [4.78, 5) is 0. The maximum absolute atomic E-state index is 9.35. The molecule has 11 heavy (non-hydrogen) atoms. The highest BCUT2D eigenvalue weighted by atomic mass is 16.3. The lowest BCUT2D eigenvalue weighted by Crippen LogP contribution is -2.26. The third-order valence-corrected chi connectivity index (χ3v) is 2.77. The zero-order valence-corrected chi connectivity index (χ0v) is 7.51. The van der Waals surface area contributed by atoms with Crippen LogP contribution in [0.1, 0.15) is 33.1 Å². The Morgan fingerprint density at radius 3 is 2.55 bits per heavy atom. The third kappa shape index (κ3) is 2.06. The Hall–Kier alpha value is -0.300. The van der Waals surface area contributed by atoms with Crippen molar-refractivity contribution in [2.45, 2.75) is 39.2 Å². The minimum atomic E-state index is -0.0550.